The summed E-state index contributed by atoms with van der Waals surface area (Å²) >= 11 is 0. The number of carbonyl (C=O) groups is 1. The fourth-order valence-corrected chi connectivity index (χ4v) is 3.41. The average molecular weight is 286 g/mol. The molecule has 3 N–H and O–H groups in total. The number of aromatic nitrogens is 1. The third kappa shape index (κ3) is 2.38. The molecule has 2 amide bonds. The smallest absolute Gasteiger partial charge is 0.315 e. The first-order valence-electron chi connectivity index (χ1n) is 7.40. The zero-order valence-electron chi connectivity index (χ0n) is 12.5. The van der Waals surface area contributed by atoms with E-state index in [9.17, 15) is 4.79 Å². The maximum absolute atomic E-state index is 11.7. The predicted molar refractivity (Wildman–Crippen MR) is 84.3 cm³/mol. The number of rotatable bonds is 2. The molecule has 5 heteroatoms. The number of piperazine rings is 1. The van der Waals surface area contributed by atoms with Crippen LogP contribution >= 0.6 is 0 Å². The number of fused-ring (bicyclic) bond motifs is 1. The average Bonchev–Trinajstić information content (AvgIpc) is 2.88. The monoisotopic (exact) mass is 286 g/mol. The van der Waals surface area contributed by atoms with Crippen molar-refractivity contribution < 1.29 is 4.79 Å². The lowest BCUT2D eigenvalue weighted by molar-refractivity contribution is 0.155. The van der Waals surface area contributed by atoms with Crippen molar-refractivity contribution in [2.24, 2.45) is 12.8 Å². The molecule has 2 heterocycles. The standard InChI is InChI=1S/C16H22N4O/c1-11(14-10-18-7-9-20(14)16(17)21)13-5-3-4-12-6-8-19(2)15(12)13/h3-6,8,11,14,18H,7,9-10H2,1-2H3,(H2,17,21)/t11-,14?/m0/s1. The molecule has 1 aliphatic heterocycles. The van der Waals surface area contributed by atoms with E-state index in [2.05, 4.69) is 54.3 Å². The SMILES string of the molecule is C[C@@H](c1cccc2ccn(C)c12)C1CNCCN1C(N)=O. The van der Waals surface area contributed by atoms with Gasteiger partial charge in [-0.3, -0.25) is 0 Å². The number of hydrogen-bond acceptors (Lipinski definition) is 2. The van der Waals surface area contributed by atoms with Crippen LogP contribution in [0.1, 0.15) is 18.4 Å². The molecule has 5 nitrogen and oxygen atoms in total. The Morgan fingerprint density at radius 3 is 3.00 bits per heavy atom. The first kappa shape index (κ1) is 13.9. The van der Waals surface area contributed by atoms with E-state index in [1.807, 2.05) is 0 Å². The van der Waals surface area contributed by atoms with Crippen LogP contribution in [0.3, 0.4) is 0 Å². The van der Waals surface area contributed by atoms with E-state index in [1.165, 1.54) is 16.5 Å². The molecule has 1 saturated heterocycles. The third-order valence-electron chi connectivity index (χ3n) is 4.56. The van der Waals surface area contributed by atoms with Crippen LogP contribution in [0.25, 0.3) is 10.9 Å². The molecule has 0 bridgehead atoms. The zero-order chi connectivity index (χ0) is 15.0. The van der Waals surface area contributed by atoms with Gasteiger partial charge < -0.3 is 20.5 Å². The summed E-state index contributed by atoms with van der Waals surface area (Å²) in [5, 5.41) is 4.60. The van der Waals surface area contributed by atoms with E-state index in [1.54, 1.807) is 4.90 Å². The summed E-state index contributed by atoms with van der Waals surface area (Å²) in [5.74, 6) is 0.225. The van der Waals surface area contributed by atoms with Gasteiger partial charge >= 0.3 is 6.03 Å². The molecule has 0 radical (unpaired) electrons. The predicted octanol–water partition coefficient (Wildman–Crippen LogP) is 1.63. The summed E-state index contributed by atoms with van der Waals surface area (Å²) in [6.07, 6.45) is 2.08. The second-order valence-electron chi connectivity index (χ2n) is 5.80. The second-order valence-corrected chi connectivity index (χ2v) is 5.80. The van der Waals surface area contributed by atoms with E-state index < -0.39 is 0 Å². The van der Waals surface area contributed by atoms with Crippen LogP contribution < -0.4 is 11.1 Å². The lowest BCUT2D eigenvalue weighted by Crippen LogP contribution is -2.57. The first-order chi connectivity index (χ1) is 10.1. The summed E-state index contributed by atoms with van der Waals surface area (Å²) in [7, 11) is 2.06. The summed E-state index contributed by atoms with van der Waals surface area (Å²) in [5.41, 5.74) is 8.05. The van der Waals surface area contributed by atoms with Crippen molar-refractivity contribution in [1.29, 1.82) is 0 Å². The highest BCUT2D eigenvalue weighted by Crippen LogP contribution is 2.30. The van der Waals surface area contributed by atoms with Crippen LogP contribution in [0.5, 0.6) is 0 Å². The molecule has 3 rings (SSSR count). The van der Waals surface area contributed by atoms with Gasteiger partial charge in [-0.25, -0.2) is 4.79 Å². The molecular formula is C16H22N4O. The highest BCUT2D eigenvalue weighted by atomic mass is 16.2. The van der Waals surface area contributed by atoms with Gasteiger partial charge in [-0.2, -0.15) is 0 Å². The van der Waals surface area contributed by atoms with Crippen LogP contribution in [-0.2, 0) is 7.05 Å². The molecule has 1 fully saturated rings. The topological polar surface area (TPSA) is 63.3 Å². The third-order valence-corrected chi connectivity index (χ3v) is 4.56. The number of aryl methyl sites for hydroxylation is 1. The molecule has 1 unspecified atom stereocenters. The number of urea groups is 1. The number of nitrogens with zero attached hydrogens (tertiary/aromatic N) is 2. The van der Waals surface area contributed by atoms with Crippen LogP contribution in [0.15, 0.2) is 30.5 Å². The van der Waals surface area contributed by atoms with Gasteiger partial charge in [0.1, 0.15) is 0 Å². The highest BCUT2D eigenvalue weighted by molar-refractivity contribution is 5.84. The van der Waals surface area contributed by atoms with Crippen LogP contribution in [0.4, 0.5) is 4.79 Å². The Morgan fingerprint density at radius 1 is 1.43 bits per heavy atom. The van der Waals surface area contributed by atoms with Crippen molar-refractivity contribution in [3.63, 3.8) is 0 Å². The van der Waals surface area contributed by atoms with Gasteiger partial charge in [-0.1, -0.05) is 25.1 Å². The molecule has 2 aromatic rings. The Morgan fingerprint density at radius 2 is 2.24 bits per heavy atom. The maximum atomic E-state index is 11.7. The molecule has 1 aromatic carbocycles. The Balaban J connectivity index is 2.01. The fraction of sp³-hybridized carbons (Fsp3) is 0.438. The zero-order valence-corrected chi connectivity index (χ0v) is 12.5. The van der Waals surface area contributed by atoms with Crippen molar-refractivity contribution in [2.45, 2.75) is 18.9 Å². The molecule has 112 valence electrons. The van der Waals surface area contributed by atoms with Gasteiger partial charge in [0.15, 0.2) is 0 Å². The molecule has 21 heavy (non-hydrogen) atoms. The van der Waals surface area contributed by atoms with Gasteiger partial charge in [0.2, 0.25) is 0 Å². The Hall–Kier alpha value is -2.01. The van der Waals surface area contributed by atoms with E-state index >= 15 is 0 Å². The van der Waals surface area contributed by atoms with Gasteiger partial charge in [0.05, 0.1) is 11.6 Å². The number of primary amides is 1. The summed E-state index contributed by atoms with van der Waals surface area (Å²) < 4.78 is 2.14. The summed E-state index contributed by atoms with van der Waals surface area (Å²) in [6, 6.07) is 8.25. The van der Waals surface area contributed by atoms with E-state index in [0.717, 1.165) is 13.1 Å². The summed E-state index contributed by atoms with van der Waals surface area (Å²) in [4.78, 5) is 13.5. The maximum Gasteiger partial charge on any atom is 0.315 e. The van der Waals surface area contributed by atoms with Gasteiger partial charge in [0.25, 0.3) is 0 Å². The minimum atomic E-state index is -0.326. The largest absolute Gasteiger partial charge is 0.351 e. The number of benzene rings is 1. The van der Waals surface area contributed by atoms with E-state index in [4.69, 9.17) is 5.73 Å². The van der Waals surface area contributed by atoms with Crippen LogP contribution in [0.2, 0.25) is 0 Å². The molecule has 1 aromatic heterocycles. The minimum Gasteiger partial charge on any atom is -0.351 e. The lowest BCUT2D eigenvalue weighted by Gasteiger charge is -2.39. The van der Waals surface area contributed by atoms with Crippen molar-refractivity contribution in [3.05, 3.63) is 36.0 Å². The van der Waals surface area contributed by atoms with Crippen LogP contribution in [0, 0.1) is 0 Å². The molecule has 0 spiro atoms. The number of nitrogens with one attached hydrogen (secondary N) is 1. The number of hydrogen-bond donors (Lipinski definition) is 2. The van der Waals surface area contributed by atoms with Gasteiger partial charge in [0, 0.05) is 38.8 Å². The van der Waals surface area contributed by atoms with Crippen molar-refractivity contribution >= 4 is 16.9 Å². The second kappa shape index (κ2) is 5.41. The normalized spacial score (nSPS) is 20.7. The molecule has 1 aliphatic rings. The Labute approximate surface area is 124 Å². The summed E-state index contributed by atoms with van der Waals surface area (Å²) in [6.45, 7) is 4.44. The number of amides is 2. The first-order valence-corrected chi connectivity index (χ1v) is 7.40. The van der Waals surface area contributed by atoms with Crippen molar-refractivity contribution in [3.8, 4) is 0 Å². The van der Waals surface area contributed by atoms with Crippen molar-refractivity contribution in [2.75, 3.05) is 19.6 Å². The van der Waals surface area contributed by atoms with Crippen LogP contribution in [-0.4, -0.2) is 41.2 Å². The number of carbonyl (C=O) groups excluding carboxylic acids is 1. The molecule has 2 atom stereocenters. The van der Waals surface area contributed by atoms with Gasteiger partial charge in [-0.15, -0.1) is 0 Å². The van der Waals surface area contributed by atoms with E-state index in [-0.39, 0.29) is 18.0 Å². The number of nitrogens with two attached hydrogens (primary N) is 1. The number of para-hydroxylation sites is 1. The molecule has 0 aliphatic carbocycles. The molecular weight excluding hydrogens is 264 g/mol. The van der Waals surface area contributed by atoms with E-state index in [0.29, 0.717) is 6.54 Å². The van der Waals surface area contributed by atoms with Gasteiger partial charge in [-0.05, 0) is 17.0 Å². The Bertz CT molecular complexity index is 663. The quantitative estimate of drug-likeness (QED) is 0.881. The lowest BCUT2D eigenvalue weighted by atomic mass is 9.89. The highest BCUT2D eigenvalue weighted by Gasteiger charge is 2.31. The Kier molecular flexibility index (Phi) is 3.59. The molecule has 0 saturated carbocycles. The van der Waals surface area contributed by atoms with Crippen molar-refractivity contribution in [1.82, 2.24) is 14.8 Å². The minimum absolute atomic E-state index is 0.0942. The fourth-order valence-electron chi connectivity index (χ4n) is 3.41.